The first-order chi connectivity index (χ1) is 21.6. The van der Waals surface area contributed by atoms with Crippen molar-refractivity contribution in [3.8, 4) is 23.0 Å². The zero-order chi connectivity index (χ0) is 34.8. The summed E-state index contributed by atoms with van der Waals surface area (Å²) in [4.78, 5) is 2.73. The fourth-order valence-corrected chi connectivity index (χ4v) is 4.36. The third-order valence-corrected chi connectivity index (χ3v) is 8.58. The van der Waals surface area contributed by atoms with E-state index >= 15 is 0 Å². The molecule has 2 rings (SSSR count). The van der Waals surface area contributed by atoms with Crippen LogP contribution in [-0.4, -0.2) is 26.4 Å². The molecule has 0 fully saturated rings. The summed E-state index contributed by atoms with van der Waals surface area (Å²) >= 11 is 21.4. The molecule has 9 heteroatoms. The predicted molar refractivity (Wildman–Crippen MR) is 207 cm³/mol. The first kappa shape index (κ1) is 45.5. The molecule has 2 aromatic carbocycles. The molecule has 4 nitrogen and oxygen atoms in total. The zero-order valence-corrected chi connectivity index (χ0v) is 34.3. The molecule has 0 aliphatic carbocycles. The minimum Gasteiger partial charge on any atom is -0.785 e. The second kappa shape index (κ2) is 24.6. The van der Waals surface area contributed by atoms with Crippen LogP contribution in [0, 0.1) is 23.7 Å². The molecule has 0 spiro atoms. The summed E-state index contributed by atoms with van der Waals surface area (Å²) in [5.74, 6) is 5.67. The van der Waals surface area contributed by atoms with E-state index in [1.807, 2.05) is 50.2 Å². The summed E-state index contributed by atoms with van der Waals surface area (Å²) in [5.41, 5.74) is 1.72. The third kappa shape index (κ3) is 19.3. The van der Waals surface area contributed by atoms with Gasteiger partial charge in [-0.1, -0.05) is 69.2 Å². The van der Waals surface area contributed by atoms with E-state index in [0.717, 1.165) is 59.8 Å². The Balaban J connectivity index is 0.000000882. The summed E-state index contributed by atoms with van der Waals surface area (Å²) in [6.07, 6.45) is 4.07. The fraction of sp³-hybridized carbons (Fsp3) is 0.579. The van der Waals surface area contributed by atoms with Crippen LogP contribution < -0.4 is 18.9 Å². The summed E-state index contributed by atoms with van der Waals surface area (Å²) in [5, 5.41) is 0. The van der Waals surface area contributed by atoms with Crippen LogP contribution in [0.4, 0.5) is 0 Å². The molecule has 0 amide bonds. The van der Waals surface area contributed by atoms with Crippen molar-refractivity contribution in [2.75, 3.05) is 26.4 Å². The molecule has 0 saturated heterocycles. The Labute approximate surface area is 319 Å². The van der Waals surface area contributed by atoms with Gasteiger partial charge in [0.1, 0.15) is 23.0 Å². The molecule has 0 aliphatic heterocycles. The largest absolute Gasteiger partial charge is 0.785 e. The van der Waals surface area contributed by atoms with Gasteiger partial charge in [0.05, 0.1) is 26.4 Å². The SMILES string of the molecule is C/C([S-])=C(/[S-])c1cc(OCCC(C)C)ccc1OCCC(C)C.C/C([S-])=C(/[S-])c1cc(OCCC(C)C)ccc1OCCC(C)C.[Ni]. The molecule has 2 aromatic rings. The van der Waals surface area contributed by atoms with Crippen LogP contribution in [0.2, 0.25) is 0 Å². The van der Waals surface area contributed by atoms with Gasteiger partial charge in [-0.15, -0.1) is 0 Å². The van der Waals surface area contributed by atoms with Gasteiger partial charge in [0, 0.05) is 16.5 Å². The number of rotatable bonds is 18. The number of ether oxygens (including phenoxy) is 4. The Morgan fingerprint density at radius 3 is 1.02 bits per heavy atom. The van der Waals surface area contributed by atoms with Crippen molar-refractivity contribution >= 4 is 60.3 Å². The van der Waals surface area contributed by atoms with E-state index in [0.29, 0.717) is 69.7 Å². The van der Waals surface area contributed by atoms with Gasteiger partial charge in [0.2, 0.25) is 0 Å². The number of hydrogen-bond donors (Lipinski definition) is 0. The molecule has 0 atom stereocenters. The molecule has 0 N–H and O–H groups in total. The summed E-state index contributed by atoms with van der Waals surface area (Å²) in [6, 6.07) is 11.6. The van der Waals surface area contributed by atoms with E-state index in [1.165, 1.54) is 0 Å². The van der Waals surface area contributed by atoms with Crippen molar-refractivity contribution in [3.63, 3.8) is 0 Å². The molecule has 0 unspecified atom stereocenters. The topological polar surface area (TPSA) is 36.9 Å². The van der Waals surface area contributed by atoms with Crippen LogP contribution in [0.3, 0.4) is 0 Å². The second-order valence-corrected chi connectivity index (χ2v) is 15.3. The standard InChI is InChI=1S/2C19H30O2S2.Ni/c2*1-13(2)8-10-20-16-6-7-18(21-11-9-14(3)4)17(12-16)19(23)15(5)22;/h2*6-7,12-14,22-23H,8-11H2,1-5H3;/p-4/b2*19-15-;. The average molecular weight is 764 g/mol. The first-order valence-electron chi connectivity index (χ1n) is 16.5. The summed E-state index contributed by atoms with van der Waals surface area (Å²) < 4.78 is 23.5. The van der Waals surface area contributed by atoms with E-state index in [9.17, 15) is 0 Å². The van der Waals surface area contributed by atoms with Crippen molar-refractivity contribution < 1.29 is 35.4 Å². The average Bonchev–Trinajstić information content (AvgIpc) is 2.97. The molecule has 47 heavy (non-hydrogen) atoms. The van der Waals surface area contributed by atoms with Gasteiger partial charge >= 0.3 is 0 Å². The molecule has 270 valence electrons. The maximum absolute atomic E-state index is 5.91. The summed E-state index contributed by atoms with van der Waals surface area (Å²) in [7, 11) is 0. The van der Waals surface area contributed by atoms with Crippen LogP contribution in [0.1, 0.15) is 106 Å². The molecule has 0 bridgehead atoms. The van der Waals surface area contributed by atoms with E-state index < -0.39 is 0 Å². The van der Waals surface area contributed by atoms with Crippen molar-refractivity contribution in [1.82, 2.24) is 0 Å². The number of allylic oxidation sites excluding steroid dienone is 2. The monoisotopic (exact) mass is 762 g/mol. The van der Waals surface area contributed by atoms with Crippen LogP contribution in [-0.2, 0) is 67.0 Å². The van der Waals surface area contributed by atoms with Gasteiger partial charge in [-0.05, 0) is 96.9 Å². The van der Waals surface area contributed by atoms with Crippen molar-refractivity contribution in [1.29, 1.82) is 0 Å². The molecular formula is C38H56NiO4S4-4. The Kier molecular flexibility index (Phi) is 23.8. The van der Waals surface area contributed by atoms with Gasteiger partial charge in [0.25, 0.3) is 0 Å². The van der Waals surface area contributed by atoms with Crippen LogP contribution >= 0.6 is 0 Å². The van der Waals surface area contributed by atoms with Crippen molar-refractivity contribution in [2.45, 2.75) is 94.9 Å². The number of hydrogen-bond acceptors (Lipinski definition) is 8. The quantitative estimate of drug-likeness (QED) is 0.110. The smallest absolute Gasteiger partial charge is 0.125 e. The maximum Gasteiger partial charge on any atom is 0.125 e. The van der Waals surface area contributed by atoms with Gasteiger partial charge in [-0.25, -0.2) is 9.81 Å². The van der Waals surface area contributed by atoms with E-state index in [-0.39, 0.29) is 16.5 Å². The molecular weight excluding hydrogens is 707 g/mol. The summed E-state index contributed by atoms with van der Waals surface area (Å²) in [6.45, 7) is 23.9. The fourth-order valence-electron chi connectivity index (χ4n) is 3.82. The molecule has 0 aromatic heterocycles. The van der Waals surface area contributed by atoms with E-state index in [4.69, 9.17) is 69.5 Å². The van der Waals surface area contributed by atoms with Crippen molar-refractivity contribution in [2.24, 2.45) is 23.7 Å². The zero-order valence-electron chi connectivity index (χ0n) is 30.0. The van der Waals surface area contributed by atoms with Gasteiger partial charge in [0.15, 0.2) is 0 Å². The maximum atomic E-state index is 5.91. The Bertz CT molecular complexity index is 1140. The predicted octanol–water partition coefficient (Wildman–Crippen LogP) is 10.6. The first-order valence-corrected chi connectivity index (χ1v) is 18.1. The van der Waals surface area contributed by atoms with Gasteiger partial charge < -0.3 is 69.5 Å². The molecule has 0 saturated carbocycles. The third-order valence-electron chi connectivity index (χ3n) is 6.86. The van der Waals surface area contributed by atoms with E-state index in [1.54, 1.807) is 0 Å². The Morgan fingerprint density at radius 1 is 0.489 bits per heavy atom. The van der Waals surface area contributed by atoms with Crippen LogP contribution in [0.15, 0.2) is 46.2 Å². The minimum atomic E-state index is 0. The van der Waals surface area contributed by atoms with Gasteiger partial charge in [-0.3, -0.25) is 0 Å². The molecule has 0 radical (unpaired) electrons. The number of benzene rings is 2. The Hall–Kier alpha value is -1.51. The van der Waals surface area contributed by atoms with E-state index in [2.05, 4.69) is 55.4 Å². The molecule has 0 heterocycles. The Morgan fingerprint density at radius 2 is 0.766 bits per heavy atom. The van der Waals surface area contributed by atoms with Crippen LogP contribution in [0.25, 0.3) is 9.81 Å². The molecule has 0 aliphatic rings. The second-order valence-electron chi connectivity index (χ2n) is 13.2. The van der Waals surface area contributed by atoms with Crippen LogP contribution in [0.5, 0.6) is 23.0 Å². The van der Waals surface area contributed by atoms with Gasteiger partial charge in [-0.2, -0.15) is 9.81 Å². The van der Waals surface area contributed by atoms with Crippen molar-refractivity contribution in [3.05, 3.63) is 57.3 Å². The normalized spacial score (nSPS) is 12.2. The minimum absolute atomic E-state index is 0.